The number of hydrogen-bond donors (Lipinski definition) is 1. The average molecular weight is 398 g/mol. The predicted octanol–water partition coefficient (Wildman–Crippen LogP) is 3.81. The number of nitro groups is 1. The Labute approximate surface area is 165 Å². The van der Waals surface area contributed by atoms with Crippen molar-refractivity contribution in [1.82, 2.24) is 15.0 Å². The molecule has 3 aromatic rings. The monoisotopic (exact) mass is 397 g/mol. The van der Waals surface area contributed by atoms with Gasteiger partial charge in [0.25, 0.3) is 11.6 Å². The number of hydrazone groups is 1. The first-order chi connectivity index (χ1) is 13.4. The van der Waals surface area contributed by atoms with Crippen LogP contribution in [0.4, 0.5) is 5.69 Å². The first-order valence-corrected chi connectivity index (χ1v) is 8.63. The number of nitrogens with zero attached hydrogens (tertiary/aromatic N) is 4. The van der Waals surface area contributed by atoms with E-state index >= 15 is 0 Å². The molecule has 0 saturated carbocycles. The van der Waals surface area contributed by atoms with Crippen molar-refractivity contribution < 1.29 is 9.72 Å². The maximum Gasteiger partial charge on any atom is 0.289 e. The summed E-state index contributed by atoms with van der Waals surface area (Å²) in [6, 6.07) is 11.9. The van der Waals surface area contributed by atoms with Gasteiger partial charge in [0.15, 0.2) is 0 Å². The van der Waals surface area contributed by atoms with Crippen LogP contribution in [0.3, 0.4) is 0 Å². The number of aryl methyl sites for hydroxylation is 1. The molecular weight excluding hydrogens is 382 g/mol. The predicted molar refractivity (Wildman–Crippen MR) is 106 cm³/mol. The van der Waals surface area contributed by atoms with E-state index in [1.807, 2.05) is 44.2 Å². The number of carbonyl (C=O) groups excluding carboxylic acids is 1. The zero-order valence-electron chi connectivity index (χ0n) is 15.1. The number of pyridine rings is 1. The number of nitrogens with one attached hydrogen (secondary N) is 1. The summed E-state index contributed by atoms with van der Waals surface area (Å²) < 4.78 is 2.05. The van der Waals surface area contributed by atoms with E-state index in [4.69, 9.17) is 11.6 Å². The highest BCUT2D eigenvalue weighted by Gasteiger charge is 2.11. The molecule has 1 amide bonds. The molecular formula is C19H16ClN5O3. The second-order valence-electron chi connectivity index (χ2n) is 6.00. The summed E-state index contributed by atoms with van der Waals surface area (Å²) in [6.07, 6.45) is 2.57. The molecule has 0 radical (unpaired) electrons. The van der Waals surface area contributed by atoms with Crippen LogP contribution in [0.2, 0.25) is 5.02 Å². The molecule has 0 bridgehead atoms. The minimum atomic E-state index is -0.580. The van der Waals surface area contributed by atoms with Gasteiger partial charge in [-0.1, -0.05) is 11.6 Å². The lowest BCUT2D eigenvalue weighted by Crippen LogP contribution is -2.19. The maximum atomic E-state index is 12.1. The molecule has 142 valence electrons. The summed E-state index contributed by atoms with van der Waals surface area (Å²) >= 11 is 5.95. The lowest BCUT2D eigenvalue weighted by molar-refractivity contribution is -0.385. The molecule has 0 aliphatic carbocycles. The minimum absolute atomic E-state index is 0.0365. The van der Waals surface area contributed by atoms with E-state index < -0.39 is 10.8 Å². The molecule has 9 heteroatoms. The van der Waals surface area contributed by atoms with Crippen LogP contribution >= 0.6 is 11.6 Å². The van der Waals surface area contributed by atoms with Gasteiger partial charge >= 0.3 is 0 Å². The van der Waals surface area contributed by atoms with Gasteiger partial charge in [0, 0.05) is 33.7 Å². The second-order valence-corrected chi connectivity index (χ2v) is 6.43. The third kappa shape index (κ3) is 4.07. The Morgan fingerprint density at radius 2 is 1.96 bits per heavy atom. The molecule has 0 fully saturated rings. The number of hydrogen-bond acceptors (Lipinski definition) is 5. The Morgan fingerprint density at radius 1 is 1.25 bits per heavy atom. The normalized spacial score (nSPS) is 11.0. The Hall–Kier alpha value is -3.52. The van der Waals surface area contributed by atoms with Crippen molar-refractivity contribution in [2.45, 2.75) is 13.8 Å². The highest BCUT2D eigenvalue weighted by atomic mass is 35.5. The molecule has 0 spiro atoms. The number of amides is 1. The highest BCUT2D eigenvalue weighted by Crippen LogP contribution is 2.21. The van der Waals surface area contributed by atoms with Gasteiger partial charge in [-0.15, -0.1) is 0 Å². The molecule has 2 aromatic heterocycles. The van der Waals surface area contributed by atoms with Crippen molar-refractivity contribution in [3.8, 4) is 5.69 Å². The fraction of sp³-hybridized carbons (Fsp3) is 0.105. The molecule has 1 N–H and O–H groups in total. The molecule has 0 unspecified atom stereocenters. The molecule has 0 atom stereocenters. The summed E-state index contributed by atoms with van der Waals surface area (Å²) in [6.45, 7) is 3.92. The number of carbonyl (C=O) groups is 1. The zero-order chi connectivity index (χ0) is 20.3. The summed E-state index contributed by atoms with van der Waals surface area (Å²) in [5.74, 6) is -0.558. The SMILES string of the molecule is Cc1cc(/C=N\NC(=O)c2ccc([N+](=O)[O-])cn2)c(C)n1-c1ccc(Cl)cc1. The van der Waals surface area contributed by atoms with Gasteiger partial charge in [-0.3, -0.25) is 14.9 Å². The maximum absolute atomic E-state index is 12.1. The molecule has 0 saturated heterocycles. The lowest BCUT2D eigenvalue weighted by atomic mass is 10.2. The third-order valence-corrected chi connectivity index (χ3v) is 4.37. The van der Waals surface area contributed by atoms with Crippen LogP contribution in [0, 0.1) is 24.0 Å². The van der Waals surface area contributed by atoms with E-state index in [0.29, 0.717) is 5.02 Å². The van der Waals surface area contributed by atoms with Gasteiger partial charge in [-0.25, -0.2) is 10.4 Å². The van der Waals surface area contributed by atoms with Crippen molar-refractivity contribution >= 4 is 29.4 Å². The van der Waals surface area contributed by atoms with Crippen molar-refractivity contribution in [3.05, 3.63) is 86.4 Å². The van der Waals surface area contributed by atoms with Crippen LogP contribution in [0.15, 0.2) is 53.8 Å². The Balaban J connectivity index is 1.74. The van der Waals surface area contributed by atoms with E-state index in [9.17, 15) is 14.9 Å². The van der Waals surface area contributed by atoms with Crippen molar-refractivity contribution in [2.24, 2.45) is 5.10 Å². The van der Waals surface area contributed by atoms with E-state index in [2.05, 4.69) is 20.1 Å². The third-order valence-electron chi connectivity index (χ3n) is 4.12. The first kappa shape index (κ1) is 19.2. The number of halogens is 1. The van der Waals surface area contributed by atoms with Crippen molar-refractivity contribution in [1.29, 1.82) is 0 Å². The van der Waals surface area contributed by atoms with Crippen LogP contribution in [0.1, 0.15) is 27.4 Å². The van der Waals surface area contributed by atoms with E-state index in [1.54, 1.807) is 0 Å². The van der Waals surface area contributed by atoms with E-state index in [0.717, 1.165) is 28.8 Å². The smallest absolute Gasteiger partial charge is 0.289 e. The van der Waals surface area contributed by atoms with Crippen LogP contribution < -0.4 is 5.43 Å². The highest BCUT2D eigenvalue weighted by molar-refractivity contribution is 6.30. The van der Waals surface area contributed by atoms with Gasteiger partial charge in [0.2, 0.25) is 0 Å². The average Bonchev–Trinajstić information content (AvgIpc) is 2.96. The number of aromatic nitrogens is 2. The van der Waals surface area contributed by atoms with Crippen molar-refractivity contribution in [3.63, 3.8) is 0 Å². The first-order valence-electron chi connectivity index (χ1n) is 8.25. The fourth-order valence-corrected chi connectivity index (χ4v) is 2.88. The van der Waals surface area contributed by atoms with Crippen LogP contribution in [0.25, 0.3) is 5.69 Å². The van der Waals surface area contributed by atoms with Gasteiger partial charge in [-0.2, -0.15) is 5.10 Å². The standard InChI is InChI=1S/C19H16ClN5O3/c1-12-9-14(13(2)24(12)16-5-3-15(20)4-6-16)10-22-23-19(26)18-8-7-17(11-21-18)25(27)28/h3-11H,1-2H3,(H,23,26)/b22-10-. The number of rotatable bonds is 5. The lowest BCUT2D eigenvalue weighted by Gasteiger charge is -2.09. The van der Waals surface area contributed by atoms with Gasteiger partial charge < -0.3 is 4.57 Å². The van der Waals surface area contributed by atoms with Gasteiger partial charge in [-0.05, 0) is 50.2 Å². The van der Waals surface area contributed by atoms with Crippen LogP contribution in [0.5, 0.6) is 0 Å². The zero-order valence-corrected chi connectivity index (χ0v) is 15.8. The minimum Gasteiger partial charge on any atom is -0.318 e. The van der Waals surface area contributed by atoms with Crippen molar-refractivity contribution in [2.75, 3.05) is 0 Å². The molecule has 0 aliphatic rings. The van der Waals surface area contributed by atoms with Gasteiger partial charge in [0.05, 0.1) is 11.1 Å². The Bertz CT molecular complexity index is 1060. The largest absolute Gasteiger partial charge is 0.318 e. The Morgan fingerprint density at radius 3 is 2.57 bits per heavy atom. The fourth-order valence-electron chi connectivity index (χ4n) is 2.75. The summed E-state index contributed by atoms with van der Waals surface area (Å²) in [7, 11) is 0. The summed E-state index contributed by atoms with van der Waals surface area (Å²) in [5.41, 5.74) is 5.98. The van der Waals surface area contributed by atoms with E-state index in [-0.39, 0.29) is 11.4 Å². The molecule has 1 aromatic carbocycles. The molecule has 2 heterocycles. The second kappa shape index (κ2) is 8.01. The molecule has 8 nitrogen and oxygen atoms in total. The van der Waals surface area contributed by atoms with Crippen LogP contribution in [-0.4, -0.2) is 26.6 Å². The van der Waals surface area contributed by atoms with E-state index in [1.165, 1.54) is 18.3 Å². The summed E-state index contributed by atoms with van der Waals surface area (Å²) in [4.78, 5) is 25.9. The topological polar surface area (TPSA) is 102 Å². The molecule has 3 rings (SSSR count). The summed E-state index contributed by atoms with van der Waals surface area (Å²) in [5, 5.41) is 15.3. The number of benzene rings is 1. The quantitative estimate of drug-likeness (QED) is 0.401. The van der Waals surface area contributed by atoms with Crippen LogP contribution in [-0.2, 0) is 0 Å². The Kier molecular flexibility index (Phi) is 5.51. The molecule has 0 aliphatic heterocycles. The van der Waals surface area contributed by atoms with Gasteiger partial charge in [0.1, 0.15) is 11.9 Å². The molecule has 28 heavy (non-hydrogen) atoms.